The van der Waals surface area contributed by atoms with Crippen molar-refractivity contribution in [3.05, 3.63) is 10.9 Å². The van der Waals surface area contributed by atoms with Crippen molar-refractivity contribution in [3.8, 4) is 0 Å². The second-order valence-corrected chi connectivity index (χ2v) is 6.52. The van der Waals surface area contributed by atoms with Gasteiger partial charge in [0, 0.05) is 25.0 Å². The van der Waals surface area contributed by atoms with Gasteiger partial charge in [0.2, 0.25) is 5.95 Å². The highest BCUT2D eigenvalue weighted by Crippen LogP contribution is 2.30. The lowest BCUT2D eigenvalue weighted by atomic mass is 10.3. The maximum atomic E-state index is 4.59. The summed E-state index contributed by atoms with van der Waals surface area (Å²) in [7, 11) is 1.86. The van der Waals surface area contributed by atoms with E-state index in [1.54, 1.807) is 11.3 Å². The molecule has 0 bridgehead atoms. The molecule has 114 valence electrons. The molecule has 0 atom stereocenters. The van der Waals surface area contributed by atoms with Crippen LogP contribution in [0.3, 0.4) is 0 Å². The average molecular weight is 305 g/mol. The zero-order valence-electron chi connectivity index (χ0n) is 12.8. The first kappa shape index (κ1) is 14.5. The molecule has 3 rings (SSSR count). The van der Waals surface area contributed by atoms with Crippen LogP contribution in [0.1, 0.15) is 24.6 Å². The molecule has 0 radical (unpaired) electrons. The van der Waals surface area contributed by atoms with Gasteiger partial charge in [0.05, 0.1) is 5.39 Å². The van der Waals surface area contributed by atoms with Gasteiger partial charge in [-0.25, -0.2) is 4.98 Å². The summed E-state index contributed by atoms with van der Waals surface area (Å²) in [6.45, 7) is 6.68. The van der Waals surface area contributed by atoms with E-state index in [2.05, 4.69) is 38.5 Å². The quantitative estimate of drug-likeness (QED) is 0.859. The van der Waals surface area contributed by atoms with E-state index < -0.39 is 0 Å². The number of rotatable bonds is 6. The third-order valence-electron chi connectivity index (χ3n) is 3.94. The Morgan fingerprint density at radius 2 is 2.10 bits per heavy atom. The molecule has 3 heterocycles. The topological polar surface area (TPSA) is 53.1 Å². The molecule has 6 heteroatoms. The van der Waals surface area contributed by atoms with Crippen molar-refractivity contribution in [1.82, 2.24) is 14.9 Å². The third-order valence-corrected chi connectivity index (χ3v) is 5.11. The van der Waals surface area contributed by atoms with Crippen LogP contribution in [-0.2, 0) is 6.42 Å². The summed E-state index contributed by atoms with van der Waals surface area (Å²) in [4.78, 5) is 14.1. The highest BCUT2D eigenvalue weighted by molar-refractivity contribution is 7.18. The molecule has 0 aromatic carbocycles. The van der Waals surface area contributed by atoms with Crippen LogP contribution in [0, 0.1) is 0 Å². The number of aromatic nitrogens is 2. The smallest absolute Gasteiger partial charge is 0.225 e. The van der Waals surface area contributed by atoms with Crippen LogP contribution in [0.25, 0.3) is 10.2 Å². The molecule has 5 nitrogen and oxygen atoms in total. The minimum Gasteiger partial charge on any atom is -0.368 e. The van der Waals surface area contributed by atoms with E-state index >= 15 is 0 Å². The van der Waals surface area contributed by atoms with Crippen molar-refractivity contribution in [2.75, 3.05) is 43.9 Å². The number of hydrogen-bond acceptors (Lipinski definition) is 6. The van der Waals surface area contributed by atoms with E-state index in [9.17, 15) is 0 Å². The summed E-state index contributed by atoms with van der Waals surface area (Å²) >= 11 is 1.76. The van der Waals surface area contributed by atoms with E-state index in [4.69, 9.17) is 0 Å². The summed E-state index contributed by atoms with van der Waals surface area (Å²) in [5.41, 5.74) is 0. The van der Waals surface area contributed by atoms with Gasteiger partial charge < -0.3 is 15.5 Å². The van der Waals surface area contributed by atoms with Gasteiger partial charge in [-0.2, -0.15) is 4.98 Å². The van der Waals surface area contributed by atoms with Gasteiger partial charge >= 0.3 is 0 Å². The Morgan fingerprint density at radius 3 is 2.81 bits per heavy atom. The number of fused-ring (bicyclic) bond motifs is 1. The van der Waals surface area contributed by atoms with Gasteiger partial charge in [0.15, 0.2) is 0 Å². The fraction of sp³-hybridized carbons (Fsp3) is 0.600. The molecule has 1 aliphatic heterocycles. The molecule has 0 unspecified atom stereocenters. The molecule has 1 aliphatic rings. The van der Waals surface area contributed by atoms with E-state index in [0.29, 0.717) is 5.95 Å². The van der Waals surface area contributed by atoms with Gasteiger partial charge in [0.25, 0.3) is 0 Å². The van der Waals surface area contributed by atoms with Crippen LogP contribution >= 0.6 is 11.3 Å². The Kier molecular flexibility index (Phi) is 4.55. The Morgan fingerprint density at radius 1 is 1.29 bits per heavy atom. The highest BCUT2D eigenvalue weighted by atomic mass is 32.1. The predicted octanol–water partition coefficient (Wildman–Crippen LogP) is 2.80. The molecule has 0 saturated carbocycles. The summed E-state index contributed by atoms with van der Waals surface area (Å²) in [6, 6.07) is 2.22. The number of anilines is 2. The van der Waals surface area contributed by atoms with Gasteiger partial charge in [-0.3, -0.25) is 0 Å². The highest BCUT2D eigenvalue weighted by Gasteiger charge is 2.13. The van der Waals surface area contributed by atoms with E-state index in [0.717, 1.165) is 35.5 Å². The van der Waals surface area contributed by atoms with Gasteiger partial charge in [-0.1, -0.05) is 6.92 Å². The Hall–Kier alpha value is -1.40. The summed E-state index contributed by atoms with van der Waals surface area (Å²) in [5, 5.41) is 7.70. The lowest BCUT2D eigenvalue weighted by molar-refractivity contribution is 0.352. The molecular formula is C15H23N5S. The lowest BCUT2D eigenvalue weighted by Gasteiger charge is -2.15. The Balaban J connectivity index is 1.76. The van der Waals surface area contributed by atoms with Crippen LogP contribution in [0.4, 0.5) is 11.8 Å². The molecule has 0 spiro atoms. The number of likely N-dealkylation sites (tertiary alicyclic amines) is 1. The summed E-state index contributed by atoms with van der Waals surface area (Å²) < 4.78 is 0. The molecule has 2 aromatic rings. The van der Waals surface area contributed by atoms with Crippen LogP contribution in [0.15, 0.2) is 6.07 Å². The first-order valence-corrected chi connectivity index (χ1v) is 8.56. The van der Waals surface area contributed by atoms with Crippen molar-refractivity contribution >= 4 is 33.3 Å². The molecule has 2 aromatic heterocycles. The summed E-state index contributed by atoms with van der Waals surface area (Å²) in [5.74, 6) is 1.65. The Labute approximate surface area is 129 Å². The normalized spacial score (nSPS) is 15.7. The minimum atomic E-state index is 0.690. The van der Waals surface area contributed by atoms with Gasteiger partial charge in [-0.15, -0.1) is 11.3 Å². The van der Waals surface area contributed by atoms with Crippen molar-refractivity contribution in [1.29, 1.82) is 0 Å². The standard InChI is InChI=1S/C15H23N5S/c1-3-11-10-12-13(17-6-9-20-7-4-5-8-20)18-15(16-2)19-14(12)21-11/h10H,3-9H2,1-2H3,(H2,16,17,18,19). The van der Waals surface area contributed by atoms with Crippen LogP contribution < -0.4 is 10.6 Å². The van der Waals surface area contributed by atoms with Crippen molar-refractivity contribution in [3.63, 3.8) is 0 Å². The Bertz CT molecular complexity index is 603. The van der Waals surface area contributed by atoms with Crippen molar-refractivity contribution < 1.29 is 0 Å². The van der Waals surface area contributed by atoms with Gasteiger partial charge in [-0.05, 0) is 38.4 Å². The molecule has 1 saturated heterocycles. The van der Waals surface area contributed by atoms with E-state index in [-0.39, 0.29) is 0 Å². The average Bonchev–Trinajstić information content (AvgIpc) is 3.15. The SMILES string of the molecule is CCc1cc2c(NCCN3CCCC3)nc(NC)nc2s1. The maximum Gasteiger partial charge on any atom is 0.225 e. The second-order valence-electron chi connectivity index (χ2n) is 5.41. The number of hydrogen-bond donors (Lipinski definition) is 2. The molecular weight excluding hydrogens is 282 g/mol. The first-order chi connectivity index (χ1) is 10.3. The monoisotopic (exact) mass is 305 g/mol. The maximum absolute atomic E-state index is 4.59. The van der Waals surface area contributed by atoms with Crippen molar-refractivity contribution in [2.24, 2.45) is 0 Å². The molecule has 0 amide bonds. The van der Waals surface area contributed by atoms with Crippen molar-refractivity contribution in [2.45, 2.75) is 26.2 Å². The molecule has 1 fully saturated rings. The van der Waals surface area contributed by atoms with E-state index in [1.807, 2.05) is 7.05 Å². The largest absolute Gasteiger partial charge is 0.368 e. The third kappa shape index (κ3) is 3.27. The predicted molar refractivity (Wildman–Crippen MR) is 90.5 cm³/mol. The molecule has 0 aliphatic carbocycles. The first-order valence-electron chi connectivity index (χ1n) is 7.74. The number of aryl methyl sites for hydroxylation is 1. The lowest BCUT2D eigenvalue weighted by Crippen LogP contribution is -2.26. The second kappa shape index (κ2) is 6.58. The number of thiophene rings is 1. The summed E-state index contributed by atoms with van der Waals surface area (Å²) in [6.07, 6.45) is 3.72. The van der Waals surface area contributed by atoms with Gasteiger partial charge in [0.1, 0.15) is 10.6 Å². The minimum absolute atomic E-state index is 0.690. The zero-order chi connectivity index (χ0) is 14.7. The molecule has 21 heavy (non-hydrogen) atoms. The zero-order valence-corrected chi connectivity index (χ0v) is 13.6. The van der Waals surface area contributed by atoms with Crippen LogP contribution in [0.2, 0.25) is 0 Å². The fourth-order valence-corrected chi connectivity index (χ4v) is 3.70. The van der Waals surface area contributed by atoms with Crippen LogP contribution in [-0.4, -0.2) is 48.1 Å². The molecule has 2 N–H and O–H groups in total. The van der Waals surface area contributed by atoms with Crippen LogP contribution in [0.5, 0.6) is 0 Å². The van der Waals surface area contributed by atoms with E-state index in [1.165, 1.54) is 30.8 Å². The number of nitrogens with zero attached hydrogens (tertiary/aromatic N) is 3. The number of nitrogens with one attached hydrogen (secondary N) is 2. The fourth-order valence-electron chi connectivity index (χ4n) is 2.73.